The van der Waals surface area contributed by atoms with Crippen LogP contribution in [-0.2, 0) is 6.42 Å². The van der Waals surface area contributed by atoms with Crippen LogP contribution < -0.4 is 0 Å². The lowest BCUT2D eigenvalue weighted by atomic mass is 10.0. The second-order valence-corrected chi connectivity index (χ2v) is 3.00. The Morgan fingerprint density at radius 1 is 1.00 bits per heavy atom. The van der Waals surface area contributed by atoms with Crippen molar-refractivity contribution in [3.63, 3.8) is 0 Å². The van der Waals surface area contributed by atoms with Crippen molar-refractivity contribution in [1.82, 2.24) is 0 Å². The Morgan fingerprint density at radius 2 is 1.69 bits per heavy atom. The Kier molecular flexibility index (Phi) is 2.01. The van der Waals surface area contributed by atoms with E-state index < -0.39 is 0 Å². The Labute approximate surface area is 77.0 Å². The molecule has 0 nitrogen and oxygen atoms in total. The fraction of sp³-hybridized carbons (Fsp3) is 0.0833. The molecule has 0 fully saturated rings. The van der Waals surface area contributed by atoms with Gasteiger partial charge in [0.25, 0.3) is 0 Å². The van der Waals surface area contributed by atoms with Crippen molar-refractivity contribution in [1.29, 1.82) is 0 Å². The smallest absolute Gasteiger partial charge is 0.131 e. The van der Waals surface area contributed by atoms with E-state index in [1.807, 2.05) is 18.2 Å². The number of halogens is 1. The van der Waals surface area contributed by atoms with Crippen LogP contribution >= 0.6 is 0 Å². The Hall–Kier alpha value is -1.37. The van der Waals surface area contributed by atoms with E-state index in [1.54, 1.807) is 12.1 Å². The first-order chi connectivity index (χ1) is 6.33. The van der Waals surface area contributed by atoms with Gasteiger partial charge in [0.05, 0.1) is 0 Å². The average Bonchev–Trinajstić information content (AvgIpc) is 2.18. The minimum Gasteiger partial charge on any atom is -0.206 e. The summed E-state index contributed by atoms with van der Waals surface area (Å²) >= 11 is 0. The molecular formula is C12H10F. The van der Waals surface area contributed by atoms with Gasteiger partial charge in [-0.2, -0.15) is 0 Å². The summed E-state index contributed by atoms with van der Waals surface area (Å²) in [7, 11) is 0. The lowest BCUT2D eigenvalue weighted by molar-refractivity contribution is 0.640. The van der Waals surface area contributed by atoms with E-state index in [-0.39, 0.29) is 5.82 Å². The van der Waals surface area contributed by atoms with Gasteiger partial charge in [0.15, 0.2) is 0 Å². The van der Waals surface area contributed by atoms with Gasteiger partial charge in [0.1, 0.15) is 5.82 Å². The van der Waals surface area contributed by atoms with Crippen LogP contribution in [0.4, 0.5) is 4.39 Å². The molecule has 0 N–H and O–H groups in total. The van der Waals surface area contributed by atoms with Crippen molar-refractivity contribution >= 4 is 10.8 Å². The average molecular weight is 173 g/mol. The predicted octanol–water partition coefficient (Wildman–Crippen LogP) is 3.36. The van der Waals surface area contributed by atoms with Crippen LogP contribution in [0.1, 0.15) is 5.56 Å². The molecule has 2 aromatic rings. The number of fused-ring (bicyclic) bond motifs is 1. The second-order valence-electron chi connectivity index (χ2n) is 3.00. The highest BCUT2D eigenvalue weighted by atomic mass is 19.1. The molecule has 2 aromatic carbocycles. The zero-order valence-corrected chi connectivity index (χ0v) is 7.26. The van der Waals surface area contributed by atoms with Crippen LogP contribution in [0, 0.1) is 12.7 Å². The highest BCUT2D eigenvalue weighted by molar-refractivity contribution is 5.86. The normalized spacial score (nSPS) is 10.6. The van der Waals surface area contributed by atoms with Crippen LogP contribution in [-0.4, -0.2) is 0 Å². The van der Waals surface area contributed by atoms with Crippen molar-refractivity contribution in [2.75, 3.05) is 0 Å². The third kappa shape index (κ3) is 1.31. The molecule has 0 saturated heterocycles. The van der Waals surface area contributed by atoms with Gasteiger partial charge in [0.2, 0.25) is 0 Å². The Morgan fingerprint density at radius 3 is 2.46 bits per heavy atom. The fourth-order valence-corrected chi connectivity index (χ4v) is 1.55. The van der Waals surface area contributed by atoms with Crippen molar-refractivity contribution in [2.45, 2.75) is 6.42 Å². The van der Waals surface area contributed by atoms with Crippen LogP contribution in [0.2, 0.25) is 0 Å². The molecule has 1 heteroatoms. The number of rotatable bonds is 1. The summed E-state index contributed by atoms with van der Waals surface area (Å²) in [5.41, 5.74) is 1.09. The second kappa shape index (κ2) is 3.17. The van der Waals surface area contributed by atoms with Gasteiger partial charge in [0, 0.05) is 5.39 Å². The first kappa shape index (κ1) is 8.24. The standard InChI is InChI=1S/C12H10F/c1-2-9-5-3-7-11-10(9)6-4-8-12(11)13/h3-8H,1-2H2. The molecule has 0 aromatic heterocycles. The fourth-order valence-electron chi connectivity index (χ4n) is 1.55. The quantitative estimate of drug-likeness (QED) is 0.620. The van der Waals surface area contributed by atoms with Crippen molar-refractivity contribution < 1.29 is 4.39 Å². The van der Waals surface area contributed by atoms with Crippen LogP contribution in [0.15, 0.2) is 36.4 Å². The highest BCUT2D eigenvalue weighted by Gasteiger charge is 2.01. The zero-order valence-electron chi connectivity index (χ0n) is 7.26. The summed E-state index contributed by atoms with van der Waals surface area (Å²) in [4.78, 5) is 0. The molecule has 0 saturated carbocycles. The minimum atomic E-state index is -0.159. The summed E-state index contributed by atoms with van der Waals surface area (Å²) in [5.74, 6) is -0.159. The lowest BCUT2D eigenvalue weighted by Crippen LogP contribution is -1.85. The molecule has 65 valence electrons. The van der Waals surface area contributed by atoms with Crippen molar-refractivity contribution in [3.8, 4) is 0 Å². The van der Waals surface area contributed by atoms with E-state index in [0.717, 1.165) is 10.9 Å². The van der Waals surface area contributed by atoms with Gasteiger partial charge in [-0.3, -0.25) is 0 Å². The first-order valence-electron chi connectivity index (χ1n) is 4.28. The van der Waals surface area contributed by atoms with Gasteiger partial charge >= 0.3 is 0 Å². The molecule has 0 spiro atoms. The molecule has 13 heavy (non-hydrogen) atoms. The van der Waals surface area contributed by atoms with Gasteiger partial charge in [-0.05, 0) is 30.4 Å². The molecular weight excluding hydrogens is 163 g/mol. The third-order valence-electron chi connectivity index (χ3n) is 2.23. The summed E-state index contributed by atoms with van der Waals surface area (Å²) in [6, 6.07) is 10.8. The van der Waals surface area contributed by atoms with Gasteiger partial charge < -0.3 is 0 Å². The van der Waals surface area contributed by atoms with E-state index in [0.29, 0.717) is 11.8 Å². The highest BCUT2D eigenvalue weighted by Crippen LogP contribution is 2.21. The van der Waals surface area contributed by atoms with E-state index in [9.17, 15) is 4.39 Å². The zero-order chi connectivity index (χ0) is 9.26. The molecule has 0 aliphatic carbocycles. The first-order valence-corrected chi connectivity index (χ1v) is 4.28. The van der Waals surface area contributed by atoms with E-state index in [4.69, 9.17) is 0 Å². The maximum Gasteiger partial charge on any atom is 0.131 e. The van der Waals surface area contributed by atoms with Gasteiger partial charge in [-0.1, -0.05) is 30.3 Å². The summed E-state index contributed by atoms with van der Waals surface area (Å²) < 4.78 is 13.3. The van der Waals surface area contributed by atoms with E-state index >= 15 is 0 Å². The van der Waals surface area contributed by atoms with Gasteiger partial charge in [-0.25, -0.2) is 4.39 Å². The summed E-state index contributed by atoms with van der Waals surface area (Å²) in [6.07, 6.45) is 0.695. The molecule has 0 aliphatic rings. The maximum atomic E-state index is 13.3. The largest absolute Gasteiger partial charge is 0.206 e. The van der Waals surface area contributed by atoms with Crippen LogP contribution in [0.5, 0.6) is 0 Å². The Bertz CT molecular complexity index is 432. The van der Waals surface area contributed by atoms with E-state index in [2.05, 4.69) is 6.92 Å². The predicted molar refractivity (Wildman–Crippen MR) is 53.0 cm³/mol. The third-order valence-corrected chi connectivity index (χ3v) is 2.23. The molecule has 0 atom stereocenters. The van der Waals surface area contributed by atoms with Crippen molar-refractivity contribution in [2.24, 2.45) is 0 Å². The van der Waals surface area contributed by atoms with Crippen LogP contribution in [0.3, 0.4) is 0 Å². The summed E-state index contributed by atoms with van der Waals surface area (Å²) in [6.45, 7) is 3.81. The van der Waals surface area contributed by atoms with Gasteiger partial charge in [-0.15, -0.1) is 0 Å². The molecule has 0 aliphatic heterocycles. The number of hydrogen-bond donors (Lipinski definition) is 0. The molecule has 0 amide bonds. The molecule has 1 radical (unpaired) electrons. The molecule has 0 heterocycles. The maximum absolute atomic E-state index is 13.3. The lowest BCUT2D eigenvalue weighted by Gasteiger charge is -2.03. The topological polar surface area (TPSA) is 0 Å². The Balaban J connectivity index is 2.84. The van der Waals surface area contributed by atoms with E-state index in [1.165, 1.54) is 6.07 Å². The SMILES string of the molecule is [CH2]Cc1cccc2c(F)cccc12. The summed E-state index contributed by atoms with van der Waals surface area (Å²) in [5, 5.41) is 1.65. The monoisotopic (exact) mass is 173 g/mol. The molecule has 0 unspecified atom stereocenters. The molecule has 0 bridgehead atoms. The van der Waals surface area contributed by atoms with Crippen molar-refractivity contribution in [3.05, 3.63) is 54.7 Å². The minimum absolute atomic E-state index is 0.159. The number of benzene rings is 2. The molecule has 2 rings (SSSR count). The van der Waals surface area contributed by atoms with Crippen LogP contribution in [0.25, 0.3) is 10.8 Å². The number of hydrogen-bond acceptors (Lipinski definition) is 0.